The Morgan fingerprint density at radius 1 is 1.40 bits per heavy atom. The molecule has 0 saturated carbocycles. The van der Waals surface area contributed by atoms with Gasteiger partial charge in [0.2, 0.25) is 0 Å². The zero-order chi connectivity index (χ0) is 14.5. The first-order chi connectivity index (χ1) is 9.61. The molecule has 0 atom stereocenters. The van der Waals surface area contributed by atoms with Gasteiger partial charge in [0.25, 0.3) is 5.91 Å². The summed E-state index contributed by atoms with van der Waals surface area (Å²) in [6.07, 6.45) is 4.20. The minimum absolute atomic E-state index is 0.0864. The Labute approximate surface area is 119 Å². The molecule has 2 aromatic rings. The maximum absolute atomic E-state index is 11.9. The molecule has 20 heavy (non-hydrogen) atoms. The summed E-state index contributed by atoms with van der Waals surface area (Å²) >= 11 is 5.98. The van der Waals surface area contributed by atoms with Gasteiger partial charge in [0.15, 0.2) is 5.84 Å². The minimum atomic E-state index is -0.461. The second-order valence-corrected chi connectivity index (χ2v) is 4.13. The Morgan fingerprint density at radius 3 is 2.85 bits per heavy atom. The van der Waals surface area contributed by atoms with Crippen molar-refractivity contribution in [2.24, 2.45) is 10.9 Å². The topological polar surface area (TPSA) is 113 Å². The van der Waals surface area contributed by atoms with E-state index >= 15 is 0 Å². The van der Waals surface area contributed by atoms with Crippen LogP contribution < -0.4 is 11.1 Å². The number of carbonyl (C=O) groups is 1. The van der Waals surface area contributed by atoms with Gasteiger partial charge in [0.1, 0.15) is 5.69 Å². The van der Waals surface area contributed by atoms with E-state index in [9.17, 15) is 4.79 Å². The number of carbonyl (C=O) groups excluding carboxylic acids is 1. The molecule has 1 aromatic heterocycles. The number of halogens is 1. The number of nitrogens with zero attached hydrogens (tertiary/aromatic N) is 3. The molecular formula is C12H10ClN5O2. The van der Waals surface area contributed by atoms with Crippen molar-refractivity contribution in [2.75, 3.05) is 5.32 Å². The van der Waals surface area contributed by atoms with Gasteiger partial charge in [-0.15, -0.1) is 0 Å². The average molecular weight is 292 g/mol. The number of nitrogens with one attached hydrogen (secondary N) is 1. The number of amidine groups is 1. The molecular weight excluding hydrogens is 282 g/mol. The molecule has 2 rings (SSSR count). The lowest BCUT2D eigenvalue weighted by Crippen LogP contribution is -2.16. The van der Waals surface area contributed by atoms with Crippen LogP contribution in [0.1, 0.15) is 16.1 Å². The van der Waals surface area contributed by atoms with Crippen molar-refractivity contribution in [2.45, 2.75) is 0 Å². The summed E-state index contributed by atoms with van der Waals surface area (Å²) in [6.45, 7) is 0. The van der Waals surface area contributed by atoms with Gasteiger partial charge >= 0.3 is 0 Å². The van der Waals surface area contributed by atoms with Crippen molar-refractivity contribution < 1.29 is 10.0 Å². The lowest BCUT2D eigenvalue weighted by Gasteiger charge is -2.08. The maximum atomic E-state index is 11.9. The Balaban J connectivity index is 2.27. The molecule has 4 N–H and O–H groups in total. The number of hydrogen-bond acceptors (Lipinski definition) is 5. The van der Waals surface area contributed by atoms with Crippen LogP contribution in [0.3, 0.4) is 0 Å². The summed E-state index contributed by atoms with van der Waals surface area (Å²) in [5, 5.41) is 14.4. The number of aromatic nitrogens is 2. The van der Waals surface area contributed by atoms with E-state index in [1.807, 2.05) is 0 Å². The smallest absolute Gasteiger partial charge is 0.275 e. The summed E-state index contributed by atoms with van der Waals surface area (Å²) in [6, 6.07) is 4.59. The fourth-order valence-corrected chi connectivity index (χ4v) is 1.61. The Bertz CT molecular complexity index is 660. The van der Waals surface area contributed by atoms with Crippen LogP contribution in [0.25, 0.3) is 0 Å². The molecule has 102 valence electrons. The largest absolute Gasteiger partial charge is 0.409 e. The lowest BCUT2D eigenvalue weighted by atomic mass is 10.2. The van der Waals surface area contributed by atoms with Gasteiger partial charge in [-0.05, 0) is 18.2 Å². The summed E-state index contributed by atoms with van der Waals surface area (Å²) in [4.78, 5) is 19.6. The van der Waals surface area contributed by atoms with Gasteiger partial charge in [-0.1, -0.05) is 16.8 Å². The van der Waals surface area contributed by atoms with Crippen LogP contribution in [0.15, 0.2) is 41.9 Å². The summed E-state index contributed by atoms with van der Waals surface area (Å²) < 4.78 is 0. The first kappa shape index (κ1) is 13.8. The van der Waals surface area contributed by atoms with Gasteiger partial charge in [0, 0.05) is 18.0 Å². The molecule has 0 fully saturated rings. The number of benzene rings is 1. The molecule has 0 aliphatic rings. The second-order valence-electron chi connectivity index (χ2n) is 3.72. The molecule has 0 bridgehead atoms. The maximum Gasteiger partial charge on any atom is 0.275 e. The van der Waals surface area contributed by atoms with Crippen molar-refractivity contribution in [1.29, 1.82) is 0 Å². The van der Waals surface area contributed by atoms with E-state index in [0.29, 0.717) is 16.3 Å². The third-order valence-corrected chi connectivity index (χ3v) is 2.74. The monoisotopic (exact) mass is 291 g/mol. The van der Waals surface area contributed by atoms with Crippen LogP contribution in [0.4, 0.5) is 5.69 Å². The molecule has 0 saturated heterocycles. The van der Waals surface area contributed by atoms with Crippen molar-refractivity contribution in [1.82, 2.24) is 9.97 Å². The van der Waals surface area contributed by atoms with E-state index < -0.39 is 5.91 Å². The van der Waals surface area contributed by atoms with Crippen LogP contribution >= 0.6 is 11.6 Å². The molecule has 7 nitrogen and oxygen atoms in total. The summed E-state index contributed by atoms with van der Waals surface area (Å²) in [5.41, 5.74) is 6.38. The highest BCUT2D eigenvalue weighted by Crippen LogP contribution is 2.23. The molecule has 0 aliphatic carbocycles. The zero-order valence-electron chi connectivity index (χ0n) is 10.1. The predicted molar refractivity (Wildman–Crippen MR) is 73.9 cm³/mol. The van der Waals surface area contributed by atoms with Gasteiger partial charge in [-0.3, -0.25) is 9.78 Å². The minimum Gasteiger partial charge on any atom is -0.409 e. The number of anilines is 1. The Kier molecular flexibility index (Phi) is 4.11. The number of nitrogens with two attached hydrogens (primary N) is 1. The van der Waals surface area contributed by atoms with Crippen molar-refractivity contribution >= 4 is 29.0 Å². The molecule has 8 heteroatoms. The van der Waals surface area contributed by atoms with E-state index in [1.165, 1.54) is 30.7 Å². The van der Waals surface area contributed by atoms with E-state index in [4.69, 9.17) is 22.5 Å². The van der Waals surface area contributed by atoms with Crippen molar-refractivity contribution in [3.8, 4) is 0 Å². The van der Waals surface area contributed by atoms with Crippen molar-refractivity contribution in [3.05, 3.63) is 53.1 Å². The molecule has 1 heterocycles. The molecule has 1 aromatic carbocycles. The summed E-state index contributed by atoms with van der Waals surface area (Å²) in [7, 11) is 0. The Morgan fingerprint density at radius 2 is 2.20 bits per heavy atom. The number of rotatable bonds is 3. The Hall–Kier alpha value is -2.67. The second kappa shape index (κ2) is 5.98. The van der Waals surface area contributed by atoms with E-state index in [-0.39, 0.29) is 11.5 Å². The molecule has 1 amide bonds. The van der Waals surface area contributed by atoms with Gasteiger partial charge in [-0.2, -0.15) is 0 Å². The van der Waals surface area contributed by atoms with E-state index in [2.05, 4.69) is 20.4 Å². The number of oxime groups is 1. The van der Waals surface area contributed by atoms with E-state index in [1.54, 1.807) is 6.07 Å². The highest BCUT2D eigenvalue weighted by atomic mass is 35.5. The third-order valence-electron chi connectivity index (χ3n) is 2.41. The third kappa shape index (κ3) is 3.01. The SMILES string of the molecule is N/C(=N/O)c1ccc(Cl)c(NC(=O)c2cnccn2)c1. The lowest BCUT2D eigenvalue weighted by molar-refractivity contribution is 0.102. The fourth-order valence-electron chi connectivity index (χ4n) is 1.44. The fraction of sp³-hybridized carbons (Fsp3) is 0. The standard InChI is InChI=1S/C12H10ClN5O2/c13-8-2-1-7(11(14)18-20)5-9(8)17-12(19)10-6-15-3-4-16-10/h1-6,20H,(H2,14,18)(H,17,19). The first-order valence-electron chi connectivity index (χ1n) is 5.46. The van der Waals surface area contributed by atoms with Crippen LogP contribution in [0, 0.1) is 0 Å². The zero-order valence-corrected chi connectivity index (χ0v) is 10.9. The van der Waals surface area contributed by atoms with Crippen LogP contribution in [-0.2, 0) is 0 Å². The number of amides is 1. The molecule has 0 aliphatic heterocycles. The van der Waals surface area contributed by atoms with Crippen LogP contribution in [-0.4, -0.2) is 26.9 Å². The quantitative estimate of drug-likeness (QED) is 0.343. The normalized spacial score (nSPS) is 11.2. The van der Waals surface area contributed by atoms with Gasteiger partial charge in [-0.25, -0.2) is 4.98 Å². The van der Waals surface area contributed by atoms with Crippen molar-refractivity contribution in [3.63, 3.8) is 0 Å². The summed E-state index contributed by atoms with van der Waals surface area (Å²) in [5.74, 6) is -0.548. The number of hydrogen-bond donors (Lipinski definition) is 3. The molecule has 0 radical (unpaired) electrons. The van der Waals surface area contributed by atoms with E-state index in [0.717, 1.165) is 0 Å². The van der Waals surface area contributed by atoms with Gasteiger partial charge in [0.05, 0.1) is 16.9 Å². The van der Waals surface area contributed by atoms with Crippen LogP contribution in [0.2, 0.25) is 5.02 Å². The van der Waals surface area contributed by atoms with Crippen LogP contribution in [0.5, 0.6) is 0 Å². The molecule has 0 unspecified atom stereocenters. The highest BCUT2D eigenvalue weighted by molar-refractivity contribution is 6.34. The molecule has 0 spiro atoms. The predicted octanol–water partition coefficient (Wildman–Crippen LogP) is 1.48. The first-order valence-corrected chi connectivity index (χ1v) is 5.84. The van der Waals surface area contributed by atoms with Gasteiger partial charge < -0.3 is 16.3 Å². The average Bonchev–Trinajstić information content (AvgIpc) is 2.49. The highest BCUT2D eigenvalue weighted by Gasteiger charge is 2.11.